The molecule has 2 heterocycles. The molecule has 1 aliphatic heterocycles. The highest BCUT2D eigenvalue weighted by molar-refractivity contribution is 5.95. The molecule has 0 bridgehead atoms. The molecular weight excluding hydrogens is 359 g/mol. The van der Waals surface area contributed by atoms with E-state index in [0.29, 0.717) is 12.8 Å². The molecule has 0 saturated carbocycles. The number of hydrogen-bond donors (Lipinski definition) is 1. The van der Waals surface area contributed by atoms with Crippen LogP contribution in [0.15, 0.2) is 46.1 Å². The highest BCUT2D eigenvalue weighted by Crippen LogP contribution is 2.27. The molecule has 3 rings (SSSR count). The summed E-state index contributed by atoms with van der Waals surface area (Å²) in [4.78, 5) is 37.4. The van der Waals surface area contributed by atoms with Crippen LogP contribution in [0, 0.1) is 5.82 Å². The number of nitrogens with zero attached hydrogens (tertiary/aromatic N) is 2. The molecule has 9 heteroatoms. The van der Waals surface area contributed by atoms with Crippen LogP contribution in [0.2, 0.25) is 0 Å². The molecule has 144 valence electrons. The van der Waals surface area contributed by atoms with E-state index in [1.807, 2.05) is 0 Å². The first-order valence-electron chi connectivity index (χ1n) is 8.48. The van der Waals surface area contributed by atoms with E-state index in [-0.39, 0.29) is 23.2 Å². The van der Waals surface area contributed by atoms with Gasteiger partial charge in [-0.3, -0.25) is 14.2 Å². The first kappa shape index (κ1) is 19.2. The van der Waals surface area contributed by atoms with E-state index in [0.717, 1.165) is 4.57 Å². The van der Waals surface area contributed by atoms with Crippen molar-refractivity contribution in [3.63, 3.8) is 0 Å². The van der Waals surface area contributed by atoms with E-state index in [4.69, 9.17) is 9.47 Å². The molecule has 3 atom stereocenters. The predicted molar refractivity (Wildman–Crippen MR) is 92.1 cm³/mol. The third-order valence-corrected chi connectivity index (χ3v) is 4.30. The Bertz CT molecular complexity index is 939. The molecule has 1 aromatic heterocycles. The quantitative estimate of drug-likeness (QED) is 0.814. The van der Waals surface area contributed by atoms with Crippen molar-refractivity contribution in [2.75, 3.05) is 13.2 Å². The zero-order chi connectivity index (χ0) is 19.6. The molecule has 27 heavy (non-hydrogen) atoms. The number of aromatic nitrogens is 2. The lowest BCUT2D eigenvalue weighted by atomic mass is 10.2. The van der Waals surface area contributed by atoms with E-state index in [2.05, 4.69) is 0 Å². The predicted octanol–water partition coefficient (Wildman–Crippen LogP) is 0.522. The van der Waals surface area contributed by atoms with Crippen molar-refractivity contribution in [2.45, 2.75) is 31.8 Å². The van der Waals surface area contributed by atoms with E-state index in [9.17, 15) is 23.9 Å². The van der Waals surface area contributed by atoms with Crippen LogP contribution in [0.1, 0.15) is 29.9 Å². The zero-order valence-corrected chi connectivity index (χ0v) is 14.6. The molecule has 0 radical (unpaired) electrons. The molecule has 8 nitrogen and oxygen atoms in total. The standard InChI is InChI=1S/C18H19FN2O6/c1-2-26-10-14-13(22)8-15(27-14)20-9-12(19)17(24)21(18(20)25)16(23)11-6-4-3-5-7-11/h3-7,9,13-15,22H,2,8,10H2,1H3/t13-,14+,15+/m0/s1. The van der Waals surface area contributed by atoms with Gasteiger partial charge >= 0.3 is 5.69 Å². The Balaban J connectivity index is 1.99. The minimum absolute atomic E-state index is 0.00514. The average Bonchev–Trinajstić information content (AvgIpc) is 3.04. The number of hydrogen-bond acceptors (Lipinski definition) is 6. The van der Waals surface area contributed by atoms with Crippen molar-refractivity contribution in [1.82, 2.24) is 9.13 Å². The molecule has 0 amide bonds. The van der Waals surface area contributed by atoms with Gasteiger partial charge in [-0.15, -0.1) is 0 Å². The summed E-state index contributed by atoms with van der Waals surface area (Å²) < 4.78 is 26.0. The summed E-state index contributed by atoms with van der Waals surface area (Å²) in [6.45, 7) is 2.31. The number of aliphatic hydroxyl groups excluding tert-OH is 1. The molecule has 1 aromatic carbocycles. The summed E-state index contributed by atoms with van der Waals surface area (Å²) >= 11 is 0. The number of aliphatic hydroxyl groups is 1. The maximum absolute atomic E-state index is 14.2. The molecule has 0 unspecified atom stereocenters. The first-order valence-corrected chi connectivity index (χ1v) is 8.48. The summed E-state index contributed by atoms with van der Waals surface area (Å²) in [5, 5.41) is 10.1. The molecule has 1 saturated heterocycles. The highest BCUT2D eigenvalue weighted by Gasteiger charge is 2.36. The highest BCUT2D eigenvalue weighted by atomic mass is 19.1. The maximum atomic E-state index is 14.2. The number of ether oxygens (including phenoxy) is 2. The van der Waals surface area contributed by atoms with E-state index in [1.165, 1.54) is 12.1 Å². The van der Waals surface area contributed by atoms with Gasteiger partial charge in [0, 0.05) is 18.6 Å². The smallest absolute Gasteiger partial charge is 0.340 e. The van der Waals surface area contributed by atoms with Crippen LogP contribution in [0.25, 0.3) is 0 Å². The van der Waals surface area contributed by atoms with Crippen LogP contribution in [-0.4, -0.2) is 45.6 Å². The molecule has 2 aromatic rings. The third kappa shape index (κ3) is 3.75. The number of carbonyl (C=O) groups excluding carboxylic acids is 1. The van der Waals surface area contributed by atoms with E-state index in [1.54, 1.807) is 25.1 Å². The number of benzene rings is 1. The summed E-state index contributed by atoms with van der Waals surface area (Å²) in [6, 6.07) is 7.61. The SMILES string of the molecule is CCOC[C@H]1O[C@@H](n2cc(F)c(=O)n(C(=O)c3ccccc3)c2=O)C[C@@H]1O. The molecule has 1 fully saturated rings. The van der Waals surface area contributed by atoms with Crippen molar-refractivity contribution in [1.29, 1.82) is 0 Å². The topological polar surface area (TPSA) is 99.8 Å². The van der Waals surface area contributed by atoms with Crippen LogP contribution in [0.3, 0.4) is 0 Å². The molecule has 0 spiro atoms. The molecule has 1 aliphatic rings. The average molecular weight is 378 g/mol. The van der Waals surface area contributed by atoms with Gasteiger partial charge in [-0.05, 0) is 19.1 Å². The van der Waals surface area contributed by atoms with Crippen LogP contribution in [0.5, 0.6) is 0 Å². The monoisotopic (exact) mass is 378 g/mol. The van der Waals surface area contributed by atoms with Gasteiger partial charge in [0.2, 0.25) is 5.82 Å². The Labute approximate surface area is 153 Å². The minimum Gasteiger partial charge on any atom is -0.390 e. The van der Waals surface area contributed by atoms with Crippen molar-refractivity contribution >= 4 is 5.91 Å². The van der Waals surface area contributed by atoms with Crippen LogP contribution in [0.4, 0.5) is 4.39 Å². The largest absolute Gasteiger partial charge is 0.390 e. The normalized spacial score (nSPS) is 22.1. The van der Waals surface area contributed by atoms with Gasteiger partial charge in [-0.2, -0.15) is 8.96 Å². The Kier molecular flexibility index (Phi) is 5.64. The van der Waals surface area contributed by atoms with Gasteiger partial charge in [-0.25, -0.2) is 4.79 Å². The fraction of sp³-hybridized carbons (Fsp3) is 0.389. The summed E-state index contributed by atoms with van der Waals surface area (Å²) in [5.74, 6) is -2.21. The first-order chi connectivity index (χ1) is 12.9. The van der Waals surface area contributed by atoms with Gasteiger partial charge in [0.15, 0.2) is 0 Å². The zero-order valence-electron chi connectivity index (χ0n) is 14.6. The van der Waals surface area contributed by atoms with Crippen LogP contribution >= 0.6 is 0 Å². The molecule has 0 aliphatic carbocycles. The Hall–Kier alpha value is -2.62. The number of carbonyl (C=O) groups is 1. The van der Waals surface area contributed by atoms with E-state index >= 15 is 0 Å². The van der Waals surface area contributed by atoms with Gasteiger partial charge in [0.1, 0.15) is 12.3 Å². The second-order valence-electron chi connectivity index (χ2n) is 6.07. The Morgan fingerprint density at radius 1 is 1.33 bits per heavy atom. The molecular formula is C18H19FN2O6. The van der Waals surface area contributed by atoms with Gasteiger partial charge in [0.25, 0.3) is 11.5 Å². The summed E-state index contributed by atoms with van der Waals surface area (Å²) in [6.07, 6.45) is -1.96. The lowest BCUT2D eigenvalue weighted by Gasteiger charge is -2.17. The molecule has 1 N–H and O–H groups in total. The van der Waals surface area contributed by atoms with Gasteiger partial charge < -0.3 is 14.6 Å². The van der Waals surface area contributed by atoms with Crippen molar-refractivity contribution in [3.8, 4) is 0 Å². The fourth-order valence-electron chi connectivity index (χ4n) is 2.91. The number of halogens is 1. The fourth-order valence-corrected chi connectivity index (χ4v) is 2.91. The Morgan fingerprint density at radius 3 is 2.70 bits per heavy atom. The van der Waals surface area contributed by atoms with Crippen molar-refractivity contribution < 1.29 is 23.8 Å². The second-order valence-corrected chi connectivity index (χ2v) is 6.07. The lowest BCUT2D eigenvalue weighted by Crippen LogP contribution is -2.46. The van der Waals surface area contributed by atoms with Gasteiger partial charge in [0.05, 0.1) is 18.9 Å². The number of rotatable bonds is 5. The van der Waals surface area contributed by atoms with Crippen LogP contribution in [-0.2, 0) is 9.47 Å². The van der Waals surface area contributed by atoms with Crippen LogP contribution < -0.4 is 11.2 Å². The maximum Gasteiger partial charge on any atom is 0.340 e. The van der Waals surface area contributed by atoms with Crippen molar-refractivity contribution in [2.24, 2.45) is 0 Å². The minimum atomic E-state index is -1.34. The summed E-state index contributed by atoms with van der Waals surface area (Å²) in [5.41, 5.74) is -2.31. The third-order valence-electron chi connectivity index (χ3n) is 4.30. The van der Waals surface area contributed by atoms with Crippen molar-refractivity contribution in [3.05, 3.63) is 68.7 Å². The van der Waals surface area contributed by atoms with Gasteiger partial charge in [-0.1, -0.05) is 18.2 Å². The van der Waals surface area contributed by atoms with E-state index < -0.39 is 41.4 Å². The Morgan fingerprint density at radius 2 is 2.04 bits per heavy atom. The lowest BCUT2D eigenvalue weighted by molar-refractivity contribution is -0.0621. The summed E-state index contributed by atoms with van der Waals surface area (Å²) in [7, 11) is 0. The second kappa shape index (κ2) is 7.95.